The quantitative estimate of drug-likeness (QED) is 0.592. The van der Waals surface area contributed by atoms with Crippen molar-refractivity contribution in [3.63, 3.8) is 0 Å². The number of nitrogens with zero attached hydrogens (tertiary/aromatic N) is 3. The van der Waals surface area contributed by atoms with Gasteiger partial charge in [0.05, 0.1) is 10.6 Å². The van der Waals surface area contributed by atoms with Crippen LogP contribution in [0.15, 0.2) is 70.5 Å². The van der Waals surface area contributed by atoms with Gasteiger partial charge in [-0.3, -0.25) is 9.59 Å². The largest absolute Gasteiger partial charge is 0.320 e. The SMILES string of the molecule is C[C@@H]1CCCCN1S(=O)(=O)c1ccc(NC(=O)c2nn(-c3cccc(Cl)c3)ccc2=O)cc1. The van der Waals surface area contributed by atoms with Crippen molar-refractivity contribution in [3.05, 3.63) is 81.7 Å². The lowest BCUT2D eigenvalue weighted by atomic mass is 10.1. The van der Waals surface area contributed by atoms with E-state index in [1.807, 2.05) is 6.92 Å². The highest BCUT2D eigenvalue weighted by Crippen LogP contribution is 2.26. The number of hydrogen-bond donors (Lipinski definition) is 1. The van der Waals surface area contributed by atoms with E-state index in [4.69, 9.17) is 11.6 Å². The summed E-state index contributed by atoms with van der Waals surface area (Å²) in [5.41, 5.74) is 0.114. The molecule has 1 fully saturated rings. The third kappa shape index (κ3) is 5.00. The lowest BCUT2D eigenvalue weighted by Crippen LogP contribution is -2.41. The molecule has 172 valence electrons. The van der Waals surface area contributed by atoms with Gasteiger partial charge in [0, 0.05) is 35.6 Å². The Morgan fingerprint density at radius 1 is 1.12 bits per heavy atom. The summed E-state index contributed by atoms with van der Waals surface area (Å²) in [6, 6.07) is 13.9. The Morgan fingerprint density at radius 3 is 2.58 bits per heavy atom. The standard InChI is InChI=1S/C23H23ClN4O4S/c1-16-5-2-3-13-28(16)33(31,32)20-10-8-18(9-11-20)25-23(30)22-21(29)12-14-27(26-22)19-7-4-6-17(24)15-19/h4,6-12,14-16H,2-3,5,13H2,1H3,(H,25,30)/t16-/m1/s1. The maximum atomic E-state index is 13.0. The molecule has 0 unspecified atom stereocenters. The molecule has 1 aromatic heterocycles. The molecule has 33 heavy (non-hydrogen) atoms. The molecular weight excluding hydrogens is 464 g/mol. The van der Waals surface area contributed by atoms with Gasteiger partial charge in [-0.15, -0.1) is 0 Å². The number of halogens is 1. The maximum Gasteiger partial charge on any atom is 0.280 e. The first-order valence-electron chi connectivity index (χ1n) is 10.5. The van der Waals surface area contributed by atoms with Crippen molar-refractivity contribution in [3.8, 4) is 5.69 Å². The summed E-state index contributed by atoms with van der Waals surface area (Å²) in [4.78, 5) is 25.1. The van der Waals surface area contributed by atoms with Gasteiger partial charge in [0.2, 0.25) is 15.5 Å². The number of aromatic nitrogens is 2. The number of rotatable bonds is 5. The van der Waals surface area contributed by atoms with Crippen LogP contribution >= 0.6 is 11.6 Å². The van der Waals surface area contributed by atoms with Gasteiger partial charge in [-0.25, -0.2) is 13.1 Å². The van der Waals surface area contributed by atoms with Crippen LogP contribution in [0.25, 0.3) is 5.69 Å². The Hall–Kier alpha value is -3.01. The van der Waals surface area contributed by atoms with Crippen molar-refractivity contribution in [1.82, 2.24) is 14.1 Å². The second-order valence-electron chi connectivity index (χ2n) is 7.89. The minimum atomic E-state index is -3.61. The van der Waals surface area contributed by atoms with Crippen LogP contribution in [0, 0.1) is 0 Å². The summed E-state index contributed by atoms with van der Waals surface area (Å²) in [5.74, 6) is -0.698. The molecule has 0 radical (unpaired) electrons. The van der Waals surface area contributed by atoms with Crippen LogP contribution in [-0.2, 0) is 10.0 Å². The van der Waals surface area contributed by atoms with E-state index in [0.29, 0.717) is 22.9 Å². The number of amides is 1. The molecular formula is C23H23ClN4O4S. The summed E-state index contributed by atoms with van der Waals surface area (Å²) in [6.45, 7) is 2.41. The topological polar surface area (TPSA) is 101 Å². The number of sulfonamides is 1. The van der Waals surface area contributed by atoms with Gasteiger partial charge in [0.25, 0.3) is 5.91 Å². The summed E-state index contributed by atoms with van der Waals surface area (Å²) in [5, 5.41) is 7.24. The summed E-state index contributed by atoms with van der Waals surface area (Å²) in [7, 11) is -3.61. The van der Waals surface area contributed by atoms with Gasteiger partial charge in [-0.2, -0.15) is 9.40 Å². The number of piperidine rings is 1. The first kappa shape index (κ1) is 23.2. The number of carbonyl (C=O) groups is 1. The zero-order valence-corrected chi connectivity index (χ0v) is 19.5. The lowest BCUT2D eigenvalue weighted by Gasteiger charge is -2.32. The molecule has 1 saturated heterocycles. The Balaban J connectivity index is 1.54. The van der Waals surface area contributed by atoms with Crippen LogP contribution in [0.3, 0.4) is 0 Å². The monoisotopic (exact) mass is 486 g/mol. The number of hydrogen-bond acceptors (Lipinski definition) is 5. The van der Waals surface area contributed by atoms with Crippen molar-refractivity contribution in [2.75, 3.05) is 11.9 Å². The van der Waals surface area contributed by atoms with E-state index in [-0.39, 0.29) is 16.6 Å². The Bertz CT molecular complexity index is 1340. The second-order valence-corrected chi connectivity index (χ2v) is 10.2. The van der Waals surface area contributed by atoms with E-state index < -0.39 is 21.4 Å². The van der Waals surface area contributed by atoms with Crippen molar-refractivity contribution in [1.29, 1.82) is 0 Å². The first-order chi connectivity index (χ1) is 15.8. The molecule has 3 aromatic rings. The Labute approximate surface area is 196 Å². The fraction of sp³-hybridized carbons (Fsp3) is 0.261. The third-order valence-electron chi connectivity index (χ3n) is 5.56. The van der Waals surface area contributed by atoms with E-state index in [1.54, 1.807) is 24.3 Å². The van der Waals surface area contributed by atoms with Crippen LogP contribution in [0.4, 0.5) is 5.69 Å². The summed E-state index contributed by atoms with van der Waals surface area (Å²) < 4.78 is 28.8. The summed E-state index contributed by atoms with van der Waals surface area (Å²) in [6.07, 6.45) is 4.15. The zero-order valence-electron chi connectivity index (χ0n) is 17.9. The number of benzene rings is 2. The second kappa shape index (κ2) is 9.46. The number of carbonyl (C=O) groups excluding carboxylic acids is 1. The maximum absolute atomic E-state index is 13.0. The molecule has 0 bridgehead atoms. The van der Waals surface area contributed by atoms with Crippen LogP contribution < -0.4 is 10.7 Å². The van der Waals surface area contributed by atoms with Gasteiger partial charge in [-0.1, -0.05) is 24.1 Å². The molecule has 1 aliphatic heterocycles. The molecule has 0 aliphatic carbocycles. The minimum absolute atomic E-state index is 0.0473. The van der Waals surface area contributed by atoms with Crippen LogP contribution in [0.2, 0.25) is 5.02 Å². The molecule has 0 saturated carbocycles. The lowest BCUT2D eigenvalue weighted by molar-refractivity contribution is 0.101. The first-order valence-corrected chi connectivity index (χ1v) is 12.4. The predicted molar refractivity (Wildman–Crippen MR) is 126 cm³/mol. The van der Waals surface area contributed by atoms with Crippen molar-refractivity contribution in [2.45, 2.75) is 37.1 Å². The van der Waals surface area contributed by atoms with E-state index in [1.165, 1.54) is 45.5 Å². The van der Waals surface area contributed by atoms with Crippen molar-refractivity contribution >= 4 is 33.2 Å². The zero-order chi connectivity index (χ0) is 23.6. The molecule has 1 N–H and O–H groups in total. The van der Waals surface area contributed by atoms with Gasteiger partial charge in [0.1, 0.15) is 0 Å². The van der Waals surface area contributed by atoms with Crippen LogP contribution in [0.1, 0.15) is 36.7 Å². The predicted octanol–water partition coefficient (Wildman–Crippen LogP) is 3.70. The van der Waals surface area contributed by atoms with Gasteiger partial charge < -0.3 is 5.32 Å². The van der Waals surface area contributed by atoms with Gasteiger partial charge in [0.15, 0.2) is 5.69 Å². The van der Waals surface area contributed by atoms with Crippen LogP contribution in [-0.4, -0.2) is 41.0 Å². The van der Waals surface area contributed by atoms with Crippen molar-refractivity contribution in [2.24, 2.45) is 0 Å². The average molecular weight is 487 g/mol. The average Bonchev–Trinajstić information content (AvgIpc) is 2.80. The summed E-state index contributed by atoms with van der Waals surface area (Å²) >= 11 is 6.01. The van der Waals surface area contributed by atoms with E-state index in [9.17, 15) is 18.0 Å². The van der Waals surface area contributed by atoms with E-state index in [0.717, 1.165) is 19.3 Å². The minimum Gasteiger partial charge on any atom is -0.320 e. The molecule has 1 aliphatic rings. The fourth-order valence-corrected chi connectivity index (χ4v) is 5.68. The smallest absolute Gasteiger partial charge is 0.280 e. The highest BCUT2D eigenvalue weighted by atomic mass is 35.5. The molecule has 1 atom stereocenters. The Kier molecular flexibility index (Phi) is 6.64. The van der Waals surface area contributed by atoms with Gasteiger partial charge in [-0.05, 0) is 62.2 Å². The number of anilines is 1. The molecule has 0 spiro atoms. The van der Waals surface area contributed by atoms with Gasteiger partial charge >= 0.3 is 0 Å². The van der Waals surface area contributed by atoms with E-state index >= 15 is 0 Å². The highest BCUT2D eigenvalue weighted by molar-refractivity contribution is 7.89. The fourth-order valence-electron chi connectivity index (χ4n) is 3.79. The number of nitrogens with one attached hydrogen (secondary N) is 1. The highest BCUT2D eigenvalue weighted by Gasteiger charge is 2.30. The molecule has 1 amide bonds. The van der Waals surface area contributed by atoms with E-state index in [2.05, 4.69) is 10.4 Å². The molecule has 2 heterocycles. The van der Waals surface area contributed by atoms with Crippen molar-refractivity contribution < 1.29 is 13.2 Å². The molecule has 10 heteroatoms. The molecule has 8 nitrogen and oxygen atoms in total. The normalized spacial score (nSPS) is 17.0. The van der Waals surface area contributed by atoms with Crippen LogP contribution in [0.5, 0.6) is 0 Å². The third-order valence-corrected chi connectivity index (χ3v) is 7.82. The Morgan fingerprint density at radius 2 is 1.88 bits per heavy atom. The molecule has 2 aromatic carbocycles. The molecule has 4 rings (SSSR count).